The first-order chi connectivity index (χ1) is 26.2. The molecule has 53 heavy (non-hydrogen) atoms. The Balaban J connectivity index is 1.13. The van der Waals surface area contributed by atoms with Gasteiger partial charge in [-0.3, -0.25) is 4.99 Å². The van der Waals surface area contributed by atoms with Crippen LogP contribution in [0.5, 0.6) is 0 Å². The molecule has 2 aliphatic rings. The maximum absolute atomic E-state index is 5.25. The van der Waals surface area contributed by atoms with E-state index in [1.807, 2.05) is 6.07 Å². The number of aromatic nitrogens is 1. The Morgan fingerprint density at radius 1 is 0.491 bits per heavy atom. The highest BCUT2D eigenvalue weighted by atomic mass is 15.2. The number of aliphatic imine (C=N–C) groups is 2. The van der Waals surface area contributed by atoms with Crippen molar-refractivity contribution >= 4 is 39.5 Å². The highest BCUT2D eigenvalue weighted by Crippen LogP contribution is 2.54. The molecule has 0 fully saturated rings. The van der Waals surface area contributed by atoms with Gasteiger partial charge in [0.15, 0.2) is 5.84 Å². The number of fused-ring (bicyclic) bond motifs is 7. The van der Waals surface area contributed by atoms with Gasteiger partial charge in [0.05, 0.1) is 34.3 Å². The fourth-order valence-corrected chi connectivity index (χ4v) is 8.26. The third-order valence-corrected chi connectivity index (χ3v) is 10.7. The third-order valence-electron chi connectivity index (χ3n) is 10.7. The second-order valence-electron chi connectivity index (χ2n) is 13.8. The number of rotatable bonds is 5. The van der Waals surface area contributed by atoms with Crippen molar-refractivity contribution in [2.24, 2.45) is 15.9 Å². The van der Waals surface area contributed by atoms with E-state index in [0.29, 0.717) is 0 Å². The number of nitrogens with zero attached hydrogens (tertiary/aromatic N) is 4. The molecule has 0 N–H and O–H groups in total. The largest absolute Gasteiger partial charge is 0.309 e. The minimum absolute atomic E-state index is 0.0353. The Bertz CT molecular complexity index is 2670. The molecule has 0 aliphatic carbocycles. The monoisotopic (exact) mass is 680 g/mol. The van der Waals surface area contributed by atoms with Crippen LogP contribution in [0.3, 0.4) is 0 Å². The van der Waals surface area contributed by atoms with Crippen molar-refractivity contribution in [3.8, 4) is 28.1 Å². The van der Waals surface area contributed by atoms with Gasteiger partial charge in [-0.1, -0.05) is 153 Å². The number of para-hydroxylation sites is 4. The summed E-state index contributed by atoms with van der Waals surface area (Å²) in [7, 11) is 0. The van der Waals surface area contributed by atoms with E-state index >= 15 is 0 Å². The Kier molecular flexibility index (Phi) is 7.47. The Morgan fingerprint density at radius 3 is 1.81 bits per heavy atom. The molecule has 4 heteroatoms. The maximum Gasteiger partial charge on any atom is 0.155 e. The van der Waals surface area contributed by atoms with Gasteiger partial charge in [0.1, 0.15) is 0 Å². The summed E-state index contributed by atoms with van der Waals surface area (Å²) in [5.41, 5.74) is 14.9. The first-order valence-electron chi connectivity index (χ1n) is 18.3. The molecule has 0 radical (unpaired) electrons. The number of hydrogen-bond acceptors (Lipinski definition) is 3. The van der Waals surface area contributed by atoms with E-state index in [0.717, 1.165) is 45.4 Å². The van der Waals surface area contributed by atoms with Crippen LogP contribution in [0, 0.1) is 5.92 Å². The lowest BCUT2D eigenvalue weighted by Crippen LogP contribution is -2.26. The zero-order valence-electron chi connectivity index (χ0n) is 29.3. The molecule has 252 valence electrons. The van der Waals surface area contributed by atoms with E-state index in [4.69, 9.17) is 9.98 Å². The lowest BCUT2D eigenvalue weighted by molar-refractivity contribution is 0.592. The summed E-state index contributed by atoms with van der Waals surface area (Å²) in [6, 6.07) is 67.1. The molecule has 7 aromatic carbocycles. The topological polar surface area (TPSA) is 32.9 Å². The van der Waals surface area contributed by atoms with Crippen molar-refractivity contribution in [3.05, 3.63) is 205 Å². The van der Waals surface area contributed by atoms with Crippen LogP contribution in [0.25, 0.3) is 39.0 Å². The fourth-order valence-electron chi connectivity index (χ4n) is 8.26. The summed E-state index contributed by atoms with van der Waals surface area (Å²) in [5, 5.41) is 1.24. The normalized spacial score (nSPS) is 16.2. The average molecular weight is 681 g/mol. The van der Waals surface area contributed by atoms with Crippen molar-refractivity contribution in [2.75, 3.05) is 4.90 Å². The molecule has 0 saturated carbocycles. The number of hydrogen-bond donors (Lipinski definition) is 0. The second-order valence-corrected chi connectivity index (χ2v) is 13.8. The number of anilines is 3. The minimum atomic E-state index is -0.0353. The zero-order valence-corrected chi connectivity index (χ0v) is 29.3. The van der Waals surface area contributed by atoms with Crippen molar-refractivity contribution in [1.82, 2.24) is 4.57 Å². The van der Waals surface area contributed by atoms with E-state index in [1.54, 1.807) is 0 Å². The van der Waals surface area contributed by atoms with Gasteiger partial charge in [-0.05, 0) is 53.6 Å². The van der Waals surface area contributed by atoms with Crippen LogP contribution in [-0.4, -0.2) is 16.1 Å². The van der Waals surface area contributed by atoms with Crippen LogP contribution in [0.15, 0.2) is 198 Å². The molecule has 8 aromatic rings. The predicted octanol–water partition coefficient (Wildman–Crippen LogP) is 12.4. The molecular weight excluding hydrogens is 645 g/mol. The van der Waals surface area contributed by atoms with Crippen LogP contribution >= 0.6 is 0 Å². The van der Waals surface area contributed by atoms with E-state index < -0.39 is 0 Å². The van der Waals surface area contributed by atoms with Crippen LogP contribution < -0.4 is 4.90 Å². The molecule has 1 aromatic heterocycles. The van der Waals surface area contributed by atoms with Gasteiger partial charge in [0.2, 0.25) is 0 Å². The highest BCUT2D eigenvalue weighted by molar-refractivity contribution is 6.16. The molecule has 3 heterocycles. The summed E-state index contributed by atoms with van der Waals surface area (Å²) < 4.78 is 2.44. The number of benzene rings is 7. The molecule has 0 bridgehead atoms. The van der Waals surface area contributed by atoms with Gasteiger partial charge >= 0.3 is 0 Å². The SMILES string of the molecule is CC1C(c2ccc(N3c4ccccc4-c4c(n(-c5ccccc5)c5ccccc45)-c4ccccc43)cc2)=NC(c2ccccc2)=NC1c1ccccc1. The molecular formula is C49H36N4. The summed E-state index contributed by atoms with van der Waals surface area (Å²) in [5.74, 6) is 0.863. The fraction of sp³-hybridized carbons (Fsp3) is 0.0612. The standard InChI is InChI=1S/C49H36N4/c1-33-46(34-17-5-2-6-18-34)50-49(36-19-7-3-8-20-36)51-47(33)35-29-31-38(32-30-35)52-42-26-14-11-23-39(42)45-40-24-12-15-27-43(40)53(37-21-9-4-10-22-37)48(45)41-25-13-16-28-44(41)52/h2-33,46H,1H3. The Labute approximate surface area is 309 Å². The van der Waals surface area contributed by atoms with Gasteiger partial charge in [-0.2, -0.15) is 0 Å². The van der Waals surface area contributed by atoms with Crippen LogP contribution in [0.1, 0.15) is 29.7 Å². The van der Waals surface area contributed by atoms with Gasteiger partial charge < -0.3 is 9.47 Å². The smallest absolute Gasteiger partial charge is 0.155 e. The molecule has 0 saturated heterocycles. The number of amidine groups is 1. The molecule has 0 spiro atoms. The Hall–Kier alpha value is -6.78. The third kappa shape index (κ3) is 5.14. The zero-order chi connectivity index (χ0) is 35.3. The lowest BCUT2D eigenvalue weighted by atomic mass is 9.86. The lowest BCUT2D eigenvalue weighted by Gasteiger charge is -2.29. The maximum atomic E-state index is 5.25. The summed E-state index contributed by atoms with van der Waals surface area (Å²) in [6.07, 6.45) is 0. The van der Waals surface area contributed by atoms with Gasteiger partial charge in [-0.15, -0.1) is 0 Å². The van der Waals surface area contributed by atoms with Crippen LogP contribution in [0.4, 0.5) is 17.1 Å². The van der Waals surface area contributed by atoms with E-state index in [9.17, 15) is 0 Å². The summed E-state index contributed by atoms with van der Waals surface area (Å²) >= 11 is 0. The molecule has 10 rings (SSSR count). The van der Waals surface area contributed by atoms with E-state index in [1.165, 1.54) is 38.9 Å². The van der Waals surface area contributed by atoms with Crippen molar-refractivity contribution in [3.63, 3.8) is 0 Å². The average Bonchev–Trinajstić information content (AvgIpc) is 3.51. The quantitative estimate of drug-likeness (QED) is 0.178. The van der Waals surface area contributed by atoms with E-state index in [2.05, 4.69) is 198 Å². The van der Waals surface area contributed by atoms with Crippen molar-refractivity contribution in [2.45, 2.75) is 13.0 Å². The predicted molar refractivity (Wildman–Crippen MR) is 220 cm³/mol. The minimum Gasteiger partial charge on any atom is -0.309 e. The first-order valence-corrected chi connectivity index (χ1v) is 18.3. The molecule has 2 aliphatic heterocycles. The van der Waals surface area contributed by atoms with Crippen molar-refractivity contribution in [1.29, 1.82) is 0 Å². The van der Waals surface area contributed by atoms with Gasteiger partial charge in [0, 0.05) is 44.9 Å². The van der Waals surface area contributed by atoms with Gasteiger partial charge in [0.25, 0.3) is 0 Å². The summed E-state index contributed by atoms with van der Waals surface area (Å²) in [4.78, 5) is 12.9. The second kappa shape index (κ2) is 12.8. The highest BCUT2D eigenvalue weighted by Gasteiger charge is 2.32. The molecule has 4 nitrogen and oxygen atoms in total. The first kappa shape index (κ1) is 31.0. The molecule has 2 atom stereocenters. The molecule has 2 unspecified atom stereocenters. The Morgan fingerprint density at radius 2 is 1.08 bits per heavy atom. The molecule has 0 amide bonds. The van der Waals surface area contributed by atoms with Gasteiger partial charge in [-0.25, -0.2) is 4.99 Å². The van der Waals surface area contributed by atoms with Crippen LogP contribution in [-0.2, 0) is 0 Å². The summed E-state index contributed by atoms with van der Waals surface area (Å²) in [6.45, 7) is 2.25. The van der Waals surface area contributed by atoms with Crippen LogP contribution in [0.2, 0.25) is 0 Å². The van der Waals surface area contributed by atoms with E-state index in [-0.39, 0.29) is 12.0 Å². The van der Waals surface area contributed by atoms with Crippen molar-refractivity contribution < 1.29 is 0 Å².